The van der Waals surface area contributed by atoms with E-state index in [-0.39, 0.29) is 6.03 Å². The van der Waals surface area contributed by atoms with E-state index in [1.54, 1.807) is 13.3 Å². The van der Waals surface area contributed by atoms with Crippen LogP contribution in [-0.2, 0) is 0 Å². The van der Waals surface area contributed by atoms with Gasteiger partial charge in [0.05, 0.1) is 17.8 Å². The summed E-state index contributed by atoms with van der Waals surface area (Å²) in [6, 6.07) is 7.92. The summed E-state index contributed by atoms with van der Waals surface area (Å²) < 4.78 is 5.94. The molecule has 1 N–H and O–H groups in total. The fourth-order valence-electron chi connectivity index (χ4n) is 2.90. The lowest BCUT2D eigenvalue weighted by Crippen LogP contribution is -2.50. The van der Waals surface area contributed by atoms with Gasteiger partial charge in [0.2, 0.25) is 11.8 Å². The van der Waals surface area contributed by atoms with Crippen molar-refractivity contribution < 1.29 is 9.53 Å². The van der Waals surface area contributed by atoms with Gasteiger partial charge in [-0.1, -0.05) is 26.0 Å². The van der Waals surface area contributed by atoms with E-state index < -0.39 is 0 Å². The van der Waals surface area contributed by atoms with Gasteiger partial charge in [-0.05, 0) is 39.5 Å². The van der Waals surface area contributed by atoms with Gasteiger partial charge in [-0.15, -0.1) is 0 Å². The van der Waals surface area contributed by atoms with Crippen molar-refractivity contribution in [2.75, 3.05) is 43.5 Å². The number of halogens is 1. The number of methoxy groups -OCH3 is 1. The Hall–Kier alpha value is -2.35. The normalized spacial score (nSPS) is 14.4. The maximum absolute atomic E-state index is 12.5. The number of carbonyl (C=O) groups excluding carboxylic acids is 1. The van der Waals surface area contributed by atoms with Crippen LogP contribution < -0.4 is 15.0 Å². The number of amides is 2. The van der Waals surface area contributed by atoms with Crippen molar-refractivity contribution in [3.8, 4) is 5.88 Å². The third-order valence-electron chi connectivity index (χ3n) is 4.57. The molecule has 2 amide bonds. The summed E-state index contributed by atoms with van der Waals surface area (Å²) in [6.45, 7) is 6.86. The molecule has 8 heteroatoms. The van der Waals surface area contributed by atoms with Crippen LogP contribution >= 0.6 is 15.9 Å². The Morgan fingerprint density at radius 2 is 1.85 bits per heavy atom. The molecule has 1 aromatic carbocycles. The molecule has 0 spiro atoms. The van der Waals surface area contributed by atoms with Crippen molar-refractivity contribution in [2.24, 2.45) is 0 Å². The minimum absolute atomic E-state index is 0.0822. The van der Waals surface area contributed by atoms with Crippen molar-refractivity contribution in [1.82, 2.24) is 14.9 Å². The minimum Gasteiger partial charge on any atom is -0.480 e. The standard InChI is InChI=1S/C19H24BrN5O2/c1-13(2)14-4-6-15(7-5-14)22-19(26)25-10-8-24(9-11-25)18-21-12-16(20)17(23-18)27-3/h4-7,12-13H,8-11H2,1-3H3,(H,22,26). The van der Waals surface area contributed by atoms with Gasteiger partial charge >= 0.3 is 6.03 Å². The predicted molar refractivity (Wildman–Crippen MR) is 110 cm³/mol. The quantitative estimate of drug-likeness (QED) is 0.795. The van der Waals surface area contributed by atoms with Crippen molar-refractivity contribution in [3.05, 3.63) is 40.5 Å². The molecule has 0 radical (unpaired) electrons. The monoisotopic (exact) mass is 433 g/mol. The Labute approximate surface area is 167 Å². The average Bonchev–Trinajstić information content (AvgIpc) is 2.69. The van der Waals surface area contributed by atoms with E-state index in [2.05, 4.69) is 62.1 Å². The van der Waals surface area contributed by atoms with Crippen LogP contribution in [0.5, 0.6) is 5.88 Å². The molecule has 0 aliphatic carbocycles. The molecule has 0 saturated carbocycles. The van der Waals surface area contributed by atoms with E-state index in [0.717, 1.165) is 10.2 Å². The topological polar surface area (TPSA) is 70.6 Å². The molecule has 1 aliphatic heterocycles. The molecule has 3 rings (SSSR count). The van der Waals surface area contributed by atoms with Gasteiger partial charge < -0.3 is 19.9 Å². The van der Waals surface area contributed by atoms with Gasteiger partial charge in [0.15, 0.2) is 0 Å². The highest BCUT2D eigenvalue weighted by atomic mass is 79.9. The van der Waals surface area contributed by atoms with Crippen LogP contribution in [0.2, 0.25) is 0 Å². The molecule has 2 aromatic rings. The van der Waals surface area contributed by atoms with Crippen molar-refractivity contribution in [2.45, 2.75) is 19.8 Å². The molecule has 1 saturated heterocycles. The first kappa shape index (κ1) is 19.4. The van der Waals surface area contributed by atoms with E-state index in [1.807, 2.05) is 17.0 Å². The Morgan fingerprint density at radius 1 is 1.19 bits per heavy atom. The number of hydrogen-bond donors (Lipinski definition) is 1. The van der Waals surface area contributed by atoms with Crippen LogP contribution in [0.1, 0.15) is 25.3 Å². The van der Waals surface area contributed by atoms with E-state index in [0.29, 0.717) is 43.9 Å². The van der Waals surface area contributed by atoms with Gasteiger partial charge in [0.25, 0.3) is 0 Å². The fraction of sp³-hybridized carbons (Fsp3) is 0.421. The zero-order valence-corrected chi connectivity index (χ0v) is 17.4. The van der Waals surface area contributed by atoms with Crippen molar-refractivity contribution in [3.63, 3.8) is 0 Å². The number of nitrogens with zero attached hydrogens (tertiary/aromatic N) is 4. The first-order chi connectivity index (χ1) is 13.0. The number of hydrogen-bond acceptors (Lipinski definition) is 5. The molecule has 144 valence electrons. The molecule has 0 unspecified atom stereocenters. The Balaban J connectivity index is 1.56. The Kier molecular flexibility index (Phi) is 6.15. The second-order valence-corrected chi connectivity index (χ2v) is 7.56. The van der Waals surface area contributed by atoms with Gasteiger partial charge in [-0.25, -0.2) is 9.78 Å². The number of piperazine rings is 1. The molecule has 1 aliphatic rings. The molecule has 0 atom stereocenters. The van der Waals surface area contributed by atoms with Crippen LogP contribution in [0.3, 0.4) is 0 Å². The fourth-order valence-corrected chi connectivity index (χ4v) is 3.25. The number of nitrogens with one attached hydrogen (secondary N) is 1. The second-order valence-electron chi connectivity index (χ2n) is 6.71. The molecule has 1 fully saturated rings. The van der Waals surface area contributed by atoms with Crippen molar-refractivity contribution in [1.29, 1.82) is 0 Å². The SMILES string of the molecule is COc1nc(N2CCN(C(=O)Nc3ccc(C(C)C)cc3)CC2)ncc1Br. The highest BCUT2D eigenvalue weighted by Crippen LogP contribution is 2.24. The maximum Gasteiger partial charge on any atom is 0.321 e. The van der Waals surface area contributed by atoms with Crippen LogP contribution in [0, 0.1) is 0 Å². The lowest BCUT2D eigenvalue weighted by Gasteiger charge is -2.34. The Bertz CT molecular complexity index is 789. The number of urea groups is 1. The molecule has 2 heterocycles. The lowest BCUT2D eigenvalue weighted by atomic mass is 10.0. The van der Waals surface area contributed by atoms with Crippen molar-refractivity contribution >= 4 is 33.6 Å². The third-order valence-corrected chi connectivity index (χ3v) is 5.11. The molecule has 7 nitrogen and oxygen atoms in total. The van der Waals surface area contributed by atoms with E-state index in [9.17, 15) is 4.79 Å². The third kappa shape index (κ3) is 4.68. The number of anilines is 2. The molecule has 27 heavy (non-hydrogen) atoms. The zero-order chi connectivity index (χ0) is 19.4. The molecular formula is C19H24BrN5O2. The summed E-state index contributed by atoms with van der Waals surface area (Å²) in [5.74, 6) is 1.59. The summed E-state index contributed by atoms with van der Waals surface area (Å²) in [5.41, 5.74) is 2.07. The number of ether oxygens (including phenoxy) is 1. The summed E-state index contributed by atoms with van der Waals surface area (Å²) >= 11 is 3.36. The average molecular weight is 434 g/mol. The molecular weight excluding hydrogens is 410 g/mol. The number of benzene rings is 1. The van der Waals surface area contributed by atoms with E-state index in [1.165, 1.54) is 5.56 Å². The van der Waals surface area contributed by atoms with E-state index >= 15 is 0 Å². The van der Waals surface area contributed by atoms with Gasteiger partial charge in [-0.2, -0.15) is 4.98 Å². The molecule has 1 aromatic heterocycles. The minimum atomic E-state index is -0.0822. The number of aromatic nitrogens is 2. The largest absolute Gasteiger partial charge is 0.480 e. The van der Waals surface area contributed by atoms with Crippen LogP contribution in [0.15, 0.2) is 34.9 Å². The van der Waals surface area contributed by atoms with Crippen LogP contribution in [0.4, 0.5) is 16.4 Å². The summed E-state index contributed by atoms with van der Waals surface area (Å²) in [7, 11) is 1.58. The van der Waals surface area contributed by atoms with E-state index in [4.69, 9.17) is 4.74 Å². The summed E-state index contributed by atoms with van der Waals surface area (Å²) in [5, 5.41) is 2.97. The predicted octanol–water partition coefficient (Wildman–Crippen LogP) is 3.73. The highest BCUT2D eigenvalue weighted by Gasteiger charge is 2.23. The summed E-state index contributed by atoms with van der Waals surface area (Å²) in [6.07, 6.45) is 1.68. The zero-order valence-electron chi connectivity index (χ0n) is 15.8. The maximum atomic E-state index is 12.5. The smallest absolute Gasteiger partial charge is 0.321 e. The van der Waals surface area contributed by atoms with Gasteiger partial charge in [-0.3, -0.25) is 0 Å². The summed E-state index contributed by atoms with van der Waals surface area (Å²) in [4.78, 5) is 25.1. The van der Waals surface area contributed by atoms with Crippen LogP contribution in [-0.4, -0.2) is 54.2 Å². The second kappa shape index (κ2) is 8.56. The van der Waals surface area contributed by atoms with Crippen LogP contribution in [0.25, 0.3) is 0 Å². The lowest BCUT2D eigenvalue weighted by molar-refractivity contribution is 0.208. The first-order valence-electron chi connectivity index (χ1n) is 8.95. The highest BCUT2D eigenvalue weighted by molar-refractivity contribution is 9.10. The van der Waals surface area contributed by atoms with Gasteiger partial charge in [0.1, 0.15) is 0 Å². The number of carbonyl (C=O) groups is 1. The Morgan fingerprint density at radius 3 is 2.44 bits per heavy atom. The van der Waals surface area contributed by atoms with Gasteiger partial charge in [0, 0.05) is 31.9 Å². The first-order valence-corrected chi connectivity index (χ1v) is 9.74. The number of rotatable bonds is 4. The molecule has 0 bridgehead atoms.